The average molecular weight is 240 g/mol. The van der Waals surface area contributed by atoms with Crippen LogP contribution in [0.5, 0.6) is 0 Å². The van der Waals surface area contributed by atoms with E-state index in [9.17, 15) is 0 Å². The molecule has 0 fully saturated rings. The number of nitrogens with one attached hydrogen (secondary N) is 1. The highest BCUT2D eigenvalue weighted by Gasteiger charge is 2.06. The molecule has 0 aliphatic heterocycles. The lowest BCUT2D eigenvalue weighted by atomic mass is 10.0. The van der Waals surface area contributed by atoms with Crippen LogP contribution in [0.25, 0.3) is 10.4 Å². The van der Waals surface area contributed by atoms with Gasteiger partial charge in [-0.2, -0.15) is 0 Å². The SMILES string of the molecule is c1csc(-c2ccccc2Cc2ncc[nH]2)c1. The van der Waals surface area contributed by atoms with Crippen molar-refractivity contribution in [2.45, 2.75) is 6.42 Å². The second-order valence-corrected chi connectivity index (χ2v) is 4.79. The molecule has 1 N–H and O–H groups in total. The first kappa shape index (κ1) is 10.3. The zero-order valence-corrected chi connectivity index (χ0v) is 10.1. The van der Waals surface area contributed by atoms with Gasteiger partial charge < -0.3 is 4.98 Å². The van der Waals surface area contributed by atoms with Gasteiger partial charge in [-0.3, -0.25) is 0 Å². The van der Waals surface area contributed by atoms with Gasteiger partial charge in [0.25, 0.3) is 0 Å². The molecule has 0 radical (unpaired) electrons. The highest BCUT2D eigenvalue weighted by Crippen LogP contribution is 2.28. The van der Waals surface area contributed by atoms with Crippen LogP contribution in [0.2, 0.25) is 0 Å². The summed E-state index contributed by atoms with van der Waals surface area (Å²) in [6, 6.07) is 12.7. The molecule has 0 aliphatic rings. The summed E-state index contributed by atoms with van der Waals surface area (Å²) in [5, 5.41) is 2.11. The van der Waals surface area contributed by atoms with E-state index in [1.165, 1.54) is 16.0 Å². The first-order valence-electron chi connectivity index (χ1n) is 5.53. The van der Waals surface area contributed by atoms with Gasteiger partial charge in [-0.15, -0.1) is 11.3 Å². The summed E-state index contributed by atoms with van der Waals surface area (Å²) in [5.74, 6) is 1.01. The average Bonchev–Trinajstić information content (AvgIpc) is 3.01. The molecule has 1 aromatic carbocycles. The maximum atomic E-state index is 4.28. The Morgan fingerprint density at radius 1 is 1.12 bits per heavy atom. The molecule has 0 unspecified atom stereocenters. The maximum absolute atomic E-state index is 4.28. The number of thiophene rings is 1. The molecule has 3 aromatic rings. The third kappa shape index (κ3) is 2.15. The van der Waals surface area contributed by atoms with E-state index in [4.69, 9.17) is 0 Å². The van der Waals surface area contributed by atoms with Crippen LogP contribution in [0.3, 0.4) is 0 Å². The van der Waals surface area contributed by atoms with E-state index >= 15 is 0 Å². The van der Waals surface area contributed by atoms with Gasteiger partial charge in [-0.1, -0.05) is 30.3 Å². The highest BCUT2D eigenvalue weighted by atomic mass is 32.1. The summed E-state index contributed by atoms with van der Waals surface area (Å²) < 4.78 is 0. The molecule has 2 heterocycles. The standard InChI is InChI=1S/C14H12N2S/c1-2-5-12(13-6-3-9-17-13)11(4-1)10-14-15-7-8-16-14/h1-9H,10H2,(H,15,16). The van der Waals surface area contributed by atoms with Crippen molar-refractivity contribution in [3.05, 3.63) is 65.6 Å². The van der Waals surface area contributed by atoms with Crippen LogP contribution in [0.1, 0.15) is 11.4 Å². The summed E-state index contributed by atoms with van der Waals surface area (Å²) >= 11 is 1.77. The minimum Gasteiger partial charge on any atom is -0.348 e. The lowest BCUT2D eigenvalue weighted by Gasteiger charge is -2.06. The zero-order chi connectivity index (χ0) is 11.5. The van der Waals surface area contributed by atoms with E-state index < -0.39 is 0 Å². The van der Waals surface area contributed by atoms with Gasteiger partial charge in [-0.05, 0) is 22.6 Å². The Labute approximate surface area is 104 Å². The van der Waals surface area contributed by atoms with Crippen molar-refractivity contribution in [3.63, 3.8) is 0 Å². The number of aromatic amines is 1. The van der Waals surface area contributed by atoms with E-state index in [0.29, 0.717) is 0 Å². The van der Waals surface area contributed by atoms with Crippen molar-refractivity contribution in [1.29, 1.82) is 0 Å². The van der Waals surface area contributed by atoms with Crippen molar-refractivity contribution in [1.82, 2.24) is 9.97 Å². The Morgan fingerprint density at radius 3 is 2.82 bits per heavy atom. The van der Waals surface area contributed by atoms with Crippen LogP contribution in [0.4, 0.5) is 0 Å². The van der Waals surface area contributed by atoms with Gasteiger partial charge in [0.15, 0.2) is 0 Å². The topological polar surface area (TPSA) is 28.7 Å². The van der Waals surface area contributed by atoms with Crippen molar-refractivity contribution >= 4 is 11.3 Å². The molecular weight excluding hydrogens is 228 g/mol. The van der Waals surface area contributed by atoms with Crippen LogP contribution in [0.15, 0.2) is 54.2 Å². The molecule has 0 aliphatic carbocycles. The van der Waals surface area contributed by atoms with Gasteiger partial charge in [0.1, 0.15) is 5.82 Å². The molecule has 0 bridgehead atoms. The fraction of sp³-hybridized carbons (Fsp3) is 0.0714. The van der Waals surface area contributed by atoms with Gasteiger partial charge in [-0.25, -0.2) is 4.98 Å². The molecule has 17 heavy (non-hydrogen) atoms. The minimum atomic E-state index is 0.848. The number of hydrogen-bond acceptors (Lipinski definition) is 2. The Balaban J connectivity index is 1.99. The van der Waals surface area contributed by atoms with Crippen molar-refractivity contribution < 1.29 is 0 Å². The number of imidazole rings is 1. The predicted molar refractivity (Wildman–Crippen MR) is 71.1 cm³/mol. The third-order valence-electron chi connectivity index (χ3n) is 2.72. The number of nitrogens with zero attached hydrogens (tertiary/aromatic N) is 1. The number of hydrogen-bond donors (Lipinski definition) is 1. The molecule has 0 saturated heterocycles. The summed E-state index contributed by atoms with van der Waals surface area (Å²) in [5.41, 5.74) is 2.61. The smallest absolute Gasteiger partial charge is 0.110 e. The third-order valence-corrected chi connectivity index (χ3v) is 3.62. The van der Waals surface area contributed by atoms with E-state index in [0.717, 1.165) is 12.2 Å². The molecule has 0 atom stereocenters. The Kier molecular flexibility index (Phi) is 2.76. The highest BCUT2D eigenvalue weighted by molar-refractivity contribution is 7.13. The largest absolute Gasteiger partial charge is 0.348 e. The van der Waals surface area contributed by atoms with Gasteiger partial charge in [0, 0.05) is 23.7 Å². The van der Waals surface area contributed by atoms with Crippen LogP contribution in [0, 0.1) is 0 Å². The molecule has 0 saturated carbocycles. The summed E-state index contributed by atoms with van der Waals surface area (Å²) in [6.07, 6.45) is 4.51. The fourth-order valence-electron chi connectivity index (χ4n) is 1.92. The maximum Gasteiger partial charge on any atom is 0.110 e. The number of benzene rings is 1. The Morgan fingerprint density at radius 2 is 2.06 bits per heavy atom. The lowest BCUT2D eigenvalue weighted by Crippen LogP contribution is -1.92. The lowest BCUT2D eigenvalue weighted by molar-refractivity contribution is 1.03. The quantitative estimate of drug-likeness (QED) is 0.742. The van der Waals surface area contributed by atoms with Gasteiger partial charge in [0.2, 0.25) is 0 Å². The second kappa shape index (κ2) is 4.55. The number of rotatable bonds is 3. The van der Waals surface area contributed by atoms with E-state index in [1.54, 1.807) is 17.5 Å². The first-order chi connectivity index (χ1) is 8.43. The summed E-state index contributed by atoms with van der Waals surface area (Å²) in [4.78, 5) is 8.74. The van der Waals surface area contributed by atoms with E-state index in [-0.39, 0.29) is 0 Å². The van der Waals surface area contributed by atoms with Crippen molar-refractivity contribution in [2.24, 2.45) is 0 Å². The Bertz CT molecular complexity index is 582. The zero-order valence-electron chi connectivity index (χ0n) is 9.26. The summed E-state index contributed by atoms with van der Waals surface area (Å²) in [6.45, 7) is 0. The molecular formula is C14H12N2S. The van der Waals surface area contributed by atoms with Crippen LogP contribution >= 0.6 is 11.3 Å². The fourth-order valence-corrected chi connectivity index (χ4v) is 2.71. The minimum absolute atomic E-state index is 0.848. The van der Waals surface area contributed by atoms with Gasteiger partial charge >= 0.3 is 0 Å². The predicted octanol–water partition coefficient (Wildman–Crippen LogP) is 3.73. The first-order valence-corrected chi connectivity index (χ1v) is 6.41. The van der Waals surface area contributed by atoms with Crippen LogP contribution in [-0.2, 0) is 6.42 Å². The molecule has 84 valence electrons. The molecule has 2 aromatic heterocycles. The molecule has 0 amide bonds. The van der Waals surface area contributed by atoms with E-state index in [2.05, 4.69) is 51.7 Å². The monoisotopic (exact) mass is 240 g/mol. The van der Waals surface area contributed by atoms with Crippen molar-refractivity contribution in [2.75, 3.05) is 0 Å². The summed E-state index contributed by atoms with van der Waals surface area (Å²) in [7, 11) is 0. The molecule has 2 nitrogen and oxygen atoms in total. The molecule has 3 heteroatoms. The van der Waals surface area contributed by atoms with Gasteiger partial charge in [0.05, 0.1) is 0 Å². The normalized spacial score (nSPS) is 10.6. The number of H-pyrrole nitrogens is 1. The van der Waals surface area contributed by atoms with Crippen LogP contribution < -0.4 is 0 Å². The van der Waals surface area contributed by atoms with Crippen LogP contribution in [-0.4, -0.2) is 9.97 Å². The Hall–Kier alpha value is -1.87. The number of aromatic nitrogens is 2. The molecule has 3 rings (SSSR count). The second-order valence-electron chi connectivity index (χ2n) is 3.85. The van der Waals surface area contributed by atoms with E-state index in [1.807, 2.05) is 6.20 Å². The molecule has 0 spiro atoms. The van der Waals surface area contributed by atoms with Crippen molar-refractivity contribution in [3.8, 4) is 10.4 Å².